The second kappa shape index (κ2) is 8.01. The highest BCUT2D eigenvalue weighted by Gasteiger charge is 2.29. The summed E-state index contributed by atoms with van der Waals surface area (Å²) in [7, 11) is 0. The second-order valence-electron chi connectivity index (χ2n) is 5.53. The van der Waals surface area contributed by atoms with Gasteiger partial charge in [0.2, 0.25) is 0 Å². The van der Waals surface area contributed by atoms with Gasteiger partial charge in [0.25, 0.3) is 11.6 Å². The van der Waals surface area contributed by atoms with Crippen LogP contribution in [0.25, 0.3) is 0 Å². The van der Waals surface area contributed by atoms with E-state index in [9.17, 15) is 19.7 Å². The number of rotatable bonds is 3. The predicted octanol–water partition coefficient (Wildman–Crippen LogP) is 4.43. The topological polar surface area (TPSA) is 117 Å². The van der Waals surface area contributed by atoms with Gasteiger partial charge in [0, 0.05) is 22.8 Å². The van der Waals surface area contributed by atoms with E-state index in [1.54, 1.807) is 0 Å². The van der Waals surface area contributed by atoms with Gasteiger partial charge in [-0.2, -0.15) is 10.1 Å². The summed E-state index contributed by atoms with van der Waals surface area (Å²) in [5.41, 5.74) is 0.176. The molecule has 2 N–H and O–H groups in total. The molecule has 0 aromatic heterocycles. The molecular formula is C16H10Cl3N5O4. The number of amides is 3. The van der Waals surface area contributed by atoms with Crippen LogP contribution in [0.2, 0.25) is 15.1 Å². The van der Waals surface area contributed by atoms with E-state index in [1.807, 2.05) is 0 Å². The Morgan fingerprint density at radius 1 is 1.14 bits per heavy atom. The van der Waals surface area contributed by atoms with Gasteiger partial charge in [0.1, 0.15) is 11.5 Å². The van der Waals surface area contributed by atoms with Gasteiger partial charge >= 0.3 is 6.03 Å². The fraction of sp³-hybridized carbons (Fsp3) is 0.0625. The van der Waals surface area contributed by atoms with Crippen molar-refractivity contribution in [1.29, 1.82) is 0 Å². The number of anilines is 2. The molecule has 3 rings (SSSR count). The summed E-state index contributed by atoms with van der Waals surface area (Å²) in [5, 5.41) is 21.2. The van der Waals surface area contributed by atoms with Crippen molar-refractivity contribution in [2.24, 2.45) is 5.10 Å². The zero-order chi connectivity index (χ0) is 20.4. The minimum atomic E-state index is -0.720. The van der Waals surface area contributed by atoms with Gasteiger partial charge in [0.15, 0.2) is 0 Å². The lowest BCUT2D eigenvalue weighted by Gasteiger charge is -2.15. The van der Waals surface area contributed by atoms with E-state index in [0.717, 1.165) is 5.01 Å². The quantitative estimate of drug-likeness (QED) is 0.540. The summed E-state index contributed by atoms with van der Waals surface area (Å²) >= 11 is 18.0. The number of non-ortho nitro benzene ring substituents is 1. The van der Waals surface area contributed by atoms with Gasteiger partial charge < -0.3 is 5.32 Å². The lowest BCUT2D eigenvalue weighted by atomic mass is 10.3. The van der Waals surface area contributed by atoms with Gasteiger partial charge in [0.05, 0.1) is 21.4 Å². The standard InChI is InChI=1S/C16H10Cl3N5O4/c17-8-4-11(18)15(12(19)5-8)23-14(25)7-13(22-23)21-16(26)20-9-2-1-3-10(6-9)24(27)28/h1-6H,7H2,(H2,20,21,22,26). The van der Waals surface area contributed by atoms with Gasteiger partial charge in [-0.1, -0.05) is 40.9 Å². The highest BCUT2D eigenvalue weighted by molar-refractivity contribution is 6.42. The largest absolute Gasteiger partial charge is 0.324 e. The Labute approximate surface area is 173 Å². The minimum absolute atomic E-state index is 0.0509. The Bertz CT molecular complexity index is 1000. The molecule has 2 aromatic carbocycles. The van der Waals surface area contributed by atoms with E-state index in [4.69, 9.17) is 34.8 Å². The van der Waals surface area contributed by atoms with E-state index in [2.05, 4.69) is 15.7 Å². The molecule has 1 heterocycles. The summed E-state index contributed by atoms with van der Waals surface area (Å²) in [6.07, 6.45) is -0.197. The number of nitrogens with zero attached hydrogens (tertiary/aromatic N) is 3. The third kappa shape index (κ3) is 4.33. The molecular weight excluding hydrogens is 433 g/mol. The average molecular weight is 443 g/mol. The first-order valence-corrected chi connectivity index (χ1v) is 8.75. The van der Waals surface area contributed by atoms with Crippen LogP contribution >= 0.6 is 34.8 Å². The van der Waals surface area contributed by atoms with Crippen LogP contribution in [0.3, 0.4) is 0 Å². The Balaban J connectivity index is 1.74. The number of amidine groups is 1. The van der Waals surface area contributed by atoms with Crippen molar-refractivity contribution in [1.82, 2.24) is 5.32 Å². The summed E-state index contributed by atoms with van der Waals surface area (Å²) in [6, 6.07) is 7.49. The molecule has 2 aromatic rings. The van der Waals surface area contributed by atoms with Crippen LogP contribution in [0.5, 0.6) is 0 Å². The highest BCUT2D eigenvalue weighted by Crippen LogP contribution is 2.38. The number of urea groups is 1. The fourth-order valence-electron chi connectivity index (χ4n) is 2.40. The lowest BCUT2D eigenvalue weighted by molar-refractivity contribution is -0.384. The van der Waals surface area contributed by atoms with Crippen molar-refractivity contribution >= 4 is 69.6 Å². The van der Waals surface area contributed by atoms with Crippen LogP contribution in [-0.4, -0.2) is 22.7 Å². The first kappa shape index (κ1) is 19.9. The number of hydrogen-bond donors (Lipinski definition) is 2. The lowest BCUT2D eigenvalue weighted by Crippen LogP contribution is -2.33. The highest BCUT2D eigenvalue weighted by atomic mass is 35.5. The van der Waals surface area contributed by atoms with Gasteiger partial charge in [-0.05, 0) is 18.2 Å². The number of benzene rings is 2. The minimum Gasteiger partial charge on any atom is -0.307 e. The van der Waals surface area contributed by atoms with Crippen molar-refractivity contribution in [3.05, 3.63) is 61.6 Å². The van der Waals surface area contributed by atoms with E-state index >= 15 is 0 Å². The third-order valence-corrected chi connectivity index (χ3v) is 4.34. The molecule has 0 saturated carbocycles. The number of carbonyl (C=O) groups excluding carboxylic acids is 2. The number of hydrazone groups is 1. The van der Waals surface area contributed by atoms with Gasteiger partial charge in [-0.3, -0.25) is 20.2 Å². The van der Waals surface area contributed by atoms with Crippen LogP contribution in [0.1, 0.15) is 6.42 Å². The summed E-state index contributed by atoms with van der Waals surface area (Å²) in [4.78, 5) is 34.6. The first-order valence-electron chi connectivity index (χ1n) is 7.62. The molecule has 1 aliphatic heterocycles. The third-order valence-electron chi connectivity index (χ3n) is 3.54. The maximum Gasteiger partial charge on any atom is 0.324 e. The van der Waals surface area contributed by atoms with E-state index in [1.165, 1.54) is 36.4 Å². The van der Waals surface area contributed by atoms with E-state index < -0.39 is 16.9 Å². The van der Waals surface area contributed by atoms with Crippen LogP contribution in [0.15, 0.2) is 41.5 Å². The molecule has 0 bridgehead atoms. The van der Waals surface area contributed by atoms with Crippen molar-refractivity contribution in [3.8, 4) is 0 Å². The number of halogens is 3. The van der Waals surface area contributed by atoms with Crippen LogP contribution in [0, 0.1) is 10.1 Å². The Morgan fingerprint density at radius 2 is 1.82 bits per heavy atom. The second-order valence-corrected chi connectivity index (χ2v) is 6.78. The van der Waals surface area contributed by atoms with Gasteiger partial charge in [-0.15, -0.1) is 0 Å². The average Bonchev–Trinajstić information content (AvgIpc) is 2.94. The number of hydrogen-bond acceptors (Lipinski definition) is 5. The summed E-state index contributed by atoms with van der Waals surface area (Å²) in [5.74, 6) is -0.410. The summed E-state index contributed by atoms with van der Waals surface area (Å²) in [6.45, 7) is 0. The smallest absolute Gasteiger partial charge is 0.307 e. The van der Waals surface area contributed by atoms with Crippen molar-refractivity contribution in [3.63, 3.8) is 0 Å². The zero-order valence-corrected chi connectivity index (χ0v) is 16.0. The zero-order valence-electron chi connectivity index (χ0n) is 13.8. The first-order chi connectivity index (χ1) is 13.2. The van der Waals surface area contributed by atoms with E-state index in [-0.39, 0.29) is 39.4 Å². The van der Waals surface area contributed by atoms with Gasteiger partial charge in [-0.25, -0.2) is 4.79 Å². The molecule has 0 atom stereocenters. The normalized spacial score (nSPS) is 13.3. The van der Waals surface area contributed by atoms with Crippen molar-refractivity contribution in [2.45, 2.75) is 6.42 Å². The van der Waals surface area contributed by atoms with Crippen LogP contribution in [0.4, 0.5) is 21.9 Å². The molecule has 0 fully saturated rings. The Kier molecular flexibility index (Phi) is 5.68. The number of carbonyl (C=O) groups is 2. The predicted molar refractivity (Wildman–Crippen MR) is 106 cm³/mol. The summed E-state index contributed by atoms with van der Waals surface area (Å²) < 4.78 is 0. The van der Waals surface area contributed by atoms with Crippen LogP contribution < -0.4 is 15.6 Å². The van der Waals surface area contributed by atoms with E-state index in [0.29, 0.717) is 5.02 Å². The molecule has 0 unspecified atom stereocenters. The molecule has 0 aliphatic carbocycles. The Hall–Kier alpha value is -2.88. The molecule has 0 saturated heterocycles. The number of nitro groups is 1. The molecule has 144 valence electrons. The molecule has 0 spiro atoms. The maximum absolute atomic E-state index is 12.2. The number of nitro benzene ring substituents is 1. The van der Waals surface area contributed by atoms with Crippen LogP contribution in [-0.2, 0) is 4.79 Å². The van der Waals surface area contributed by atoms with Crippen molar-refractivity contribution < 1.29 is 14.5 Å². The molecule has 1 aliphatic rings. The molecule has 9 nitrogen and oxygen atoms in total. The molecule has 0 radical (unpaired) electrons. The molecule has 12 heteroatoms. The molecule has 3 amide bonds. The Morgan fingerprint density at radius 3 is 2.46 bits per heavy atom. The number of nitrogens with one attached hydrogen (secondary N) is 2. The SMILES string of the molecule is O=C(NC1=NN(c2c(Cl)cc(Cl)cc2Cl)C(=O)C1)Nc1cccc([N+](=O)[O-])c1. The van der Waals surface area contributed by atoms with Crippen molar-refractivity contribution in [2.75, 3.05) is 10.3 Å². The molecule has 28 heavy (non-hydrogen) atoms. The monoisotopic (exact) mass is 441 g/mol. The maximum atomic E-state index is 12.2. The fourth-order valence-corrected chi connectivity index (χ4v) is 3.38.